The molecule has 5 rings (SSSR count). The van der Waals surface area contributed by atoms with Gasteiger partial charge in [0.05, 0.1) is 12.5 Å². The van der Waals surface area contributed by atoms with Gasteiger partial charge in [0.2, 0.25) is 0 Å². The monoisotopic (exact) mass is 332 g/mol. The van der Waals surface area contributed by atoms with Gasteiger partial charge < -0.3 is 14.9 Å². The number of fused-ring (bicyclic) bond motifs is 7. The minimum atomic E-state index is 0.104. The number of hydrogen-bond acceptors (Lipinski definition) is 3. The minimum absolute atomic E-state index is 0.104. The normalized spacial score (nSPS) is 13.6. The third kappa shape index (κ3) is 1.97. The standard InChI is InChI=1S/C21H17NO3/c1-25-21-10-18-17(9-20(21)24)16-8-13(23)4-5-14(16)15-7-12-3-2-6-22(12)11-19(15)18/h4-5,7-11,24H,2-3,6H2,1H3/p+1. The molecule has 4 aromatic rings. The third-order valence-corrected chi connectivity index (χ3v) is 5.28. The van der Waals surface area contributed by atoms with Gasteiger partial charge in [-0.1, -0.05) is 6.07 Å². The molecule has 4 nitrogen and oxygen atoms in total. The van der Waals surface area contributed by atoms with Crippen molar-refractivity contribution in [3.63, 3.8) is 0 Å². The van der Waals surface area contributed by atoms with E-state index in [9.17, 15) is 10.2 Å². The van der Waals surface area contributed by atoms with Crippen molar-refractivity contribution in [1.29, 1.82) is 0 Å². The lowest BCUT2D eigenvalue weighted by atomic mass is 9.94. The van der Waals surface area contributed by atoms with Gasteiger partial charge in [-0.2, -0.15) is 0 Å². The molecule has 3 aromatic carbocycles. The molecule has 2 heterocycles. The van der Waals surface area contributed by atoms with Crippen LogP contribution >= 0.6 is 0 Å². The zero-order valence-corrected chi connectivity index (χ0v) is 13.9. The van der Waals surface area contributed by atoms with E-state index in [1.54, 1.807) is 25.3 Å². The van der Waals surface area contributed by atoms with Crippen LogP contribution < -0.4 is 9.30 Å². The molecule has 0 saturated carbocycles. The van der Waals surface area contributed by atoms with E-state index >= 15 is 0 Å². The highest BCUT2D eigenvalue weighted by Gasteiger charge is 2.22. The largest absolute Gasteiger partial charge is 0.508 e. The first-order valence-corrected chi connectivity index (χ1v) is 8.47. The summed E-state index contributed by atoms with van der Waals surface area (Å²) in [6.07, 6.45) is 4.46. The summed E-state index contributed by atoms with van der Waals surface area (Å²) < 4.78 is 7.64. The fraction of sp³-hybridized carbons (Fsp3) is 0.190. The highest BCUT2D eigenvalue weighted by Crippen LogP contribution is 2.41. The molecule has 0 spiro atoms. The Labute approximate surface area is 144 Å². The first-order chi connectivity index (χ1) is 12.2. The van der Waals surface area contributed by atoms with E-state index in [1.165, 1.54) is 11.1 Å². The third-order valence-electron chi connectivity index (χ3n) is 5.28. The number of phenolic OH excluding ortho intramolecular Hbond substituents is 2. The van der Waals surface area contributed by atoms with Gasteiger partial charge in [-0.05, 0) is 40.4 Å². The number of nitrogens with zero attached hydrogens (tertiary/aromatic N) is 1. The van der Waals surface area contributed by atoms with Gasteiger partial charge in [0.1, 0.15) is 12.3 Å². The number of aryl methyl sites for hydroxylation is 2. The maximum absolute atomic E-state index is 10.3. The van der Waals surface area contributed by atoms with Crippen LogP contribution in [0, 0.1) is 0 Å². The van der Waals surface area contributed by atoms with Crippen LogP contribution in [0.5, 0.6) is 17.2 Å². The summed E-state index contributed by atoms with van der Waals surface area (Å²) in [6, 6.07) is 11.3. The fourth-order valence-corrected chi connectivity index (χ4v) is 4.09. The second kappa shape index (κ2) is 4.99. The Morgan fingerprint density at radius 2 is 1.64 bits per heavy atom. The number of benzene rings is 3. The first kappa shape index (κ1) is 14.3. The molecule has 25 heavy (non-hydrogen) atoms. The summed E-state index contributed by atoms with van der Waals surface area (Å²) in [5, 5.41) is 26.5. The summed E-state index contributed by atoms with van der Waals surface area (Å²) in [5.74, 6) is 0.783. The molecule has 0 aliphatic carbocycles. The van der Waals surface area contributed by atoms with E-state index in [2.05, 4.69) is 16.8 Å². The second-order valence-electron chi connectivity index (χ2n) is 6.69. The van der Waals surface area contributed by atoms with Crippen molar-refractivity contribution >= 4 is 32.3 Å². The van der Waals surface area contributed by atoms with Gasteiger partial charge in [0, 0.05) is 29.7 Å². The Morgan fingerprint density at radius 3 is 2.48 bits per heavy atom. The molecule has 124 valence electrons. The van der Waals surface area contributed by atoms with Crippen molar-refractivity contribution in [3.05, 3.63) is 48.3 Å². The molecule has 0 amide bonds. The van der Waals surface area contributed by atoms with Crippen LogP contribution in [0.4, 0.5) is 0 Å². The molecule has 1 aromatic heterocycles. The van der Waals surface area contributed by atoms with Crippen molar-refractivity contribution in [2.75, 3.05) is 7.11 Å². The number of ether oxygens (including phenoxy) is 1. The number of aromatic nitrogens is 1. The van der Waals surface area contributed by atoms with Crippen LogP contribution in [0.25, 0.3) is 32.3 Å². The Morgan fingerprint density at radius 1 is 0.880 bits per heavy atom. The number of phenols is 2. The quantitative estimate of drug-likeness (QED) is 0.412. The molecular formula is C21H18NO3+. The van der Waals surface area contributed by atoms with Crippen molar-refractivity contribution in [1.82, 2.24) is 0 Å². The van der Waals surface area contributed by atoms with E-state index in [0.29, 0.717) is 5.75 Å². The Hall–Kier alpha value is -3.01. The fourth-order valence-electron chi connectivity index (χ4n) is 4.09. The predicted molar refractivity (Wildman–Crippen MR) is 97.4 cm³/mol. The van der Waals surface area contributed by atoms with Crippen molar-refractivity contribution in [2.24, 2.45) is 0 Å². The summed E-state index contributed by atoms with van der Waals surface area (Å²) >= 11 is 0. The molecule has 0 fully saturated rings. The van der Waals surface area contributed by atoms with E-state index in [1.807, 2.05) is 12.1 Å². The van der Waals surface area contributed by atoms with Crippen LogP contribution in [-0.2, 0) is 13.0 Å². The van der Waals surface area contributed by atoms with Gasteiger partial charge >= 0.3 is 0 Å². The van der Waals surface area contributed by atoms with Crippen LogP contribution in [0.3, 0.4) is 0 Å². The van der Waals surface area contributed by atoms with Crippen molar-refractivity contribution < 1.29 is 19.5 Å². The minimum Gasteiger partial charge on any atom is -0.508 e. The zero-order valence-electron chi connectivity index (χ0n) is 13.9. The summed E-state index contributed by atoms with van der Waals surface area (Å²) in [5.41, 5.74) is 1.34. The molecule has 0 saturated heterocycles. The van der Waals surface area contributed by atoms with Gasteiger partial charge in [0.25, 0.3) is 0 Å². The van der Waals surface area contributed by atoms with Gasteiger partial charge in [0.15, 0.2) is 23.4 Å². The Balaban J connectivity index is 2.07. The molecule has 0 radical (unpaired) electrons. The summed E-state index contributed by atoms with van der Waals surface area (Å²) in [7, 11) is 1.56. The Kier molecular flexibility index (Phi) is 2.86. The highest BCUT2D eigenvalue weighted by molar-refractivity contribution is 6.25. The molecule has 1 aliphatic heterocycles. The second-order valence-corrected chi connectivity index (χ2v) is 6.69. The van der Waals surface area contributed by atoms with Gasteiger partial charge in [-0.15, -0.1) is 0 Å². The number of methoxy groups -OCH3 is 1. The summed E-state index contributed by atoms with van der Waals surface area (Å²) in [4.78, 5) is 0. The molecule has 0 unspecified atom stereocenters. The van der Waals surface area contributed by atoms with E-state index in [0.717, 1.165) is 46.3 Å². The first-order valence-electron chi connectivity index (χ1n) is 8.47. The molecule has 0 atom stereocenters. The van der Waals surface area contributed by atoms with Crippen LogP contribution in [0.15, 0.2) is 42.6 Å². The Bertz CT molecular complexity index is 1180. The van der Waals surface area contributed by atoms with E-state index in [-0.39, 0.29) is 11.5 Å². The number of hydrogen-bond donors (Lipinski definition) is 2. The highest BCUT2D eigenvalue weighted by atomic mass is 16.5. The van der Waals surface area contributed by atoms with Crippen LogP contribution in [0.2, 0.25) is 0 Å². The van der Waals surface area contributed by atoms with E-state index in [4.69, 9.17) is 4.74 Å². The van der Waals surface area contributed by atoms with Gasteiger partial charge in [-0.25, -0.2) is 4.57 Å². The maximum Gasteiger partial charge on any atom is 0.182 e. The smallest absolute Gasteiger partial charge is 0.182 e. The summed E-state index contributed by atoms with van der Waals surface area (Å²) in [6.45, 7) is 1.04. The zero-order chi connectivity index (χ0) is 17.1. The maximum atomic E-state index is 10.3. The van der Waals surface area contributed by atoms with Gasteiger partial charge in [-0.3, -0.25) is 0 Å². The number of rotatable bonds is 1. The molecular weight excluding hydrogens is 314 g/mol. The van der Waals surface area contributed by atoms with Crippen molar-refractivity contribution in [2.45, 2.75) is 19.4 Å². The van der Waals surface area contributed by atoms with E-state index < -0.39 is 0 Å². The SMILES string of the molecule is COc1cc2c(cc1O)c1cc(O)ccc1c1cc3[n+](cc21)CCC3. The molecule has 0 bridgehead atoms. The van der Waals surface area contributed by atoms with Crippen LogP contribution in [-0.4, -0.2) is 17.3 Å². The van der Waals surface area contributed by atoms with Crippen molar-refractivity contribution in [3.8, 4) is 17.2 Å². The average molecular weight is 332 g/mol. The molecule has 1 aliphatic rings. The number of pyridine rings is 1. The van der Waals surface area contributed by atoms with Crippen LogP contribution in [0.1, 0.15) is 12.1 Å². The number of aromatic hydroxyl groups is 2. The predicted octanol–water partition coefficient (Wildman–Crippen LogP) is 3.80. The lowest BCUT2D eigenvalue weighted by Crippen LogP contribution is -2.32. The molecule has 2 N–H and O–H groups in total. The lowest BCUT2D eigenvalue weighted by Gasteiger charge is -2.12. The topological polar surface area (TPSA) is 53.6 Å². The average Bonchev–Trinajstić information content (AvgIpc) is 3.07. The lowest BCUT2D eigenvalue weighted by molar-refractivity contribution is -0.689. The molecule has 4 heteroatoms.